The number of ether oxygens (including phenoxy) is 2. The SMILES string of the molecule is CCNC(=NCc1cc(Br)ccc1OC)NC1CCC(C(=O)OCC)CC1. The molecule has 6 nitrogen and oxygen atoms in total. The van der Waals surface area contributed by atoms with Gasteiger partial charge in [0.25, 0.3) is 0 Å². The van der Waals surface area contributed by atoms with E-state index in [0.29, 0.717) is 19.2 Å². The molecule has 1 aromatic carbocycles. The molecule has 2 rings (SSSR count). The predicted octanol–water partition coefficient (Wildman–Crippen LogP) is 3.63. The lowest BCUT2D eigenvalue weighted by Crippen LogP contribution is -2.45. The summed E-state index contributed by atoms with van der Waals surface area (Å²) in [6.07, 6.45) is 3.59. The van der Waals surface area contributed by atoms with Crippen molar-refractivity contribution in [1.29, 1.82) is 0 Å². The molecule has 1 aliphatic carbocycles. The highest BCUT2D eigenvalue weighted by atomic mass is 79.9. The number of methoxy groups -OCH3 is 1. The summed E-state index contributed by atoms with van der Waals surface area (Å²) >= 11 is 3.50. The first-order chi connectivity index (χ1) is 13.1. The summed E-state index contributed by atoms with van der Waals surface area (Å²) in [6, 6.07) is 6.23. The molecule has 0 saturated heterocycles. The minimum atomic E-state index is -0.0572. The summed E-state index contributed by atoms with van der Waals surface area (Å²) < 4.78 is 11.6. The highest BCUT2D eigenvalue weighted by Crippen LogP contribution is 2.26. The van der Waals surface area contributed by atoms with Gasteiger partial charge in [0, 0.05) is 22.6 Å². The highest BCUT2D eigenvalue weighted by molar-refractivity contribution is 9.10. The number of benzene rings is 1. The second-order valence-electron chi connectivity index (χ2n) is 6.60. The molecule has 0 spiro atoms. The zero-order valence-corrected chi connectivity index (χ0v) is 18.0. The standard InChI is InChI=1S/C20H30BrN3O3/c1-4-22-20(23-13-15-12-16(21)8-11-18(15)26-3)24-17-9-6-14(7-10-17)19(25)27-5-2/h8,11-12,14,17H,4-7,9-10,13H2,1-3H3,(H2,22,23,24). The Morgan fingerprint density at radius 2 is 2.00 bits per heavy atom. The quantitative estimate of drug-likeness (QED) is 0.385. The molecule has 0 bridgehead atoms. The van der Waals surface area contributed by atoms with Gasteiger partial charge in [0.05, 0.1) is 26.2 Å². The van der Waals surface area contributed by atoms with Crippen molar-refractivity contribution >= 4 is 27.9 Å². The van der Waals surface area contributed by atoms with E-state index in [1.165, 1.54) is 0 Å². The van der Waals surface area contributed by atoms with E-state index >= 15 is 0 Å². The number of carbonyl (C=O) groups is 1. The maximum Gasteiger partial charge on any atom is 0.308 e. The van der Waals surface area contributed by atoms with Gasteiger partial charge in [-0.15, -0.1) is 0 Å². The predicted molar refractivity (Wildman–Crippen MR) is 111 cm³/mol. The van der Waals surface area contributed by atoms with Gasteiger partial charge in [-0.1, -0.05) is 15.9 Å². The first-order valence-corrected chi connectivity index (χ1v) is 10.4. The minimum Gasteiger partial charge on any atom is -0.496 e. The second-order valence-corrected chi connectivity index (χ2v) is 7.51. The van der Waals surface area contributed by atoms with Gasteiger partial charge in [0.1, 0.15) is 5.75 Å². The Morgan fingerprint density at radius 1 is 1.26 bits per heavy atom. The maximum atomic E-state index is 11.9. The number of rotatable bonds is 7. The molecule has 0 atom stereocenters. The molecule has 1 saturated carbocycles. The zero-order valence-electron chi connectivity index (χ0n) is 16.4. The average Bonchev–Trinajstić information content (AvgIpc) is 2.67. The fourth-order valence-corrected chi connectivity index (χ4v) is 3.69. The first kappa shape index (κ1) is 21.5. The van der Waals surface area contributed by atoms with Crippen LogP contribution in [0.3, 0.4) is 0 Å². The zero-order chi connectivity index (χ0) is 19.6. The van der Waals surface area contributed by atoms with Crippen LogP contribution in [0, 0.1) is 5.92 Å². The van der Waals surface area contributed by atoms with Crippen molar-refractivity contribution < 1.29 is 14.3 Å². The summed E-state index contributed by atoms with van der Waals surface area (Å²) in [5.41, 5.74) is 1.02. The van der Waals surface area contributed by atoms with Crippen LogP contribution in [0.1, 0.15) is 45.1 Å². The Labute approximate surface area is 170 Å². The second kappa shape index (κ2) is 11.2. The van der Waals surface area contributed by atoms with Gasteiger partial charge in [-0.05, 0) is 57.7 Å². The smallest absolute Gasteiger partial charge is 0.308 e. The molecule has 0 aliphatic heterocycles. The third-order valence-corrected chi connectivity index (χ3v) is 5.18. The largest absolute Gasteiger partial charge is 0.496 e. The molecular weight excluding hydrogens is 410 g/mol. The summed E-state index contributed by atoms with van der Waals surface area (Å²) in [6.45, 7) is 5.67. The van der Waals surface area contributed by atoms with Crippen LogP contribution < -0.4 is 15.4 Å². The average molecular weight is 440 g/mol. The van der Waals surface area contributed by atoms with Gasteiger partial charge in [-0.25, -0.2) is 4.99 Å². The summed E-state index contributed by atoms with van der Waals surface area (Å²) in [5.74, 6) is 1.60. The summed E-state index contributed by atoms with van der Waals surface area (Å²) in [5, 5.41) is 6.81. The van der Waals surface area contributed by atoms with Crippen molar-refractivity contribution in [3.05, 3.63) is 28.2 Å². The van der Waals surface area contributed by atoms with Crippen molar-refractivity contribution in [2.45, 2.75) is 52.1 Å². The molecule has 1 aliphatic rings. The molecule has 0 radical (unpaired) electrons. The maximum absolute atomic E-state index is 11.9. The van der Waals surface area contributed by atoms with Crippen LogP contribution in [0.15, 0.2) is 27.7 Å². The van der Waals surface area contributed by atoms with Gasteiger partial charge < -0.3 is 20.1 Å². The number of esters is 1. The molecular formula is C20H30BrN3O3. The molecule has 1 aromatic rings. The molecule has 0 amide bonds. The third kappa shape index (κ3) is 6.72. The van der Waals surface area contributed by atoms with Gasteiger partial charge in [0.15, 0.2) is 5.96 Å². The monoisotopic (exact) mass is 439 g/mol. The molecule has 0 aromatic heterocycles. The molecule has 2 N–H and O–H groups in total. The number of carbonyl (C=O) groups excluding carboxylic acids is 1. The van der Waals surface area contributed by atoms with Crippen LogP contribution in [-0.2, 0) is 16.1 Å². The van der Waals surface area contributed by atoms with Crippen LogP contribution in [0.5, 0.6) is 5.75 Å². The van der Waals surface area contributed by atoms with Crippen molar-refractivity contribution in [1.82, 2.24) is 10.6 Å². The van der Waals surface area contributed by atoms with Gasteiger partial charge in [0.2, 0.25) is 0 Å². The van der Waals surface area contributed by atoms with Crippen LogP contribution in [-0.4, -0.2) is 38.2 Å². The van der Waals surface area contributed by atoms with Gasteiger partial charge >= 0.3 is 5.97 Å². The number of hydrogen-bond donors (Lipinski definition) is 2. The summed E-state index contributed by atoms with van der Waals surface area (Å²) in [4.78, 5) is 16.6. The van der Waals surface area contributed by atoms with Crippen LogP contribution in [0.4, 0.5) is 0 Å². The third-order valence-electron chi connectivity index (χ3n) is 4.68. The number of nitrogens with zero attached hydrogens (tertiary/aromatic N) is 1. The van der Waals surface area contributed by atoms with Crippen LogP contribution in [0.2, 0.25) is 0 Å². The Hall–Kier alpha value is -1.76. The van der Waals surface area contributed by atoms with E-state index in [9.17, 15) is 4.79 Å². The highest BCUT2D eigenvalue weighted by Gasteiger charge is 2.27. The first-order valence-electron chi connectivity index (χ1n) is 9.61. The lowest BCUT2D eigenvalue weighted by atomic mass is 9.86. The lowest BCUT2D eigenvalue weighted by Gasteiger charge is -2.29. The fourth-order valence-electron chi connectivity index (χ4n) is 3.28. The van der Waals surface area contributed by atoms with Crippen molar-refractivity contribution in [3.63, 3.8) is 0 Å². The Balaban J connectivity index is 1.95. The van der Waals surface area contributed by atoms with Gasteiger partial charge in [-0.3, -0.25) is 4.79 Å². The lowest BCUT2D eigenvalue weighted by molar-refractivity contribution is -0.149. The number of hydrogen-bond acceptors (Lipinski definition) is 4. The van der Waals surface area contributed by atoms with E-state index in [2.05, 4.69) is 33.5 Å². The molecule has 1 fully saturated rings. The van der Waals surface area contributed by atoms with E-state index in [1.807, 2.05) is 25.1 Å². The summed E-state index contributed by atoms with van der Waals surface area (Å²) in [7, 11) is 1.67. The molecule has 27 heavy (non-hydrogen) atoms. The molecule has 150 valence electrons. The van der Waals surface area contributed by atoms with Crippen molar-refractivity contribution in [2.75, 3.05) is 20.3 Å². The van der Waals surface area contributed by atoms with E-state index in [4.69, 9.17) is 14.5 Å². The van der Waals surface area contributed by atoms with E-state index in [0.717, 1.165) is 54.0 Å². The molecule has 0 unspecified atom stereocenters. The Kier molecular flexibility index (Phi) is 8.91. The van der Waals surface area contributed by atoms with Gasteiger partial charge in [-0.2, -0.15) is 0 Å². The Morgan fingerprint density at radius 3 is 2.63 bits per heavy atom. The van der Waals surface area contributed by atoms with E-state index in [1.54, 1.807) is 7.11 Å². The van der Waals surface area contributed by atoms with Crippen molar-refractivity contribution in [2.24, 2.45) is 10.9 Å². The molecule has 0 heterocycles. The van der Waals surface area contributed by atoms with Crippen molar-refractivity contribution in [3.8, 4) is 5.75 Å². The van der Waals surface area contributed by atoms with E-state index in [-0.39, 0.29) is 11.9 Å². The van der Waals surface area contributed by atoms with Crippen LogP contribution in [0.25, 0.3) is 0 Å². The topological polar surface area (TPSA) is 72.0 Å². The Bertz CT molecular complexity index is 643. The molecule has 7 heteroatoms. The normalized spacial score (nSPS) is 20.1. The number of nitrogens with one attached hydrogen (secondary N) is 2. The number of aliphatic imine (C=N–C) groups is 1. The fraction of sp³-hybridized carbons (Fsp3) is 0.600. The number of guanidine groups is 1. The number of halogens is 1. The van der Waals surface area contributed by atoms with Crippen LogP contribution >= 0.6 is 15.9 Å². The van der Waals surface area contributed by atoms with E-state index < -0.39 is 0 Å². The minimum absolute atomic E-state index is 0.0356.